The smallest absolute Gasteiger partial charge is 0.313 e. The largest absolute Gasteiger partial charge is 0.460 e. The molecule has 148 valence electrons. The summed E-state index contributed by atoms with van der Waals surface area (Å²) in [5.41, 5.74) is -0.0773. The Balaban J connectivity index is 1.91. The van der Waals surface area contributed by atoms with Crippen molar-refractivity contribution in [2.24, 2.45) is 22.7 Å². The maximum absolute atomic E-state index is 13.4. The second-order valence-electron chi connectivity index (χ2n) is 8.20. The van der Waals surface area contributed by atoms with Crippen molar-refractivity contribution >= 4 is 5.97 Å². The lowest BCUT2D eigenvalue weighted by Gasteiger charge is -2.48. The number of aliphatic hydroxyl groups excluding tert-OH is 1. The van der Waals surface area contributed by atoms with E-state index in [1.54, 1.807) is 0 Å². The zero-order valence-electron chi connectivity index (χ0n) is 16.4. The minimum atomic E-state index is -1.51. The topological polar surface area (TPSA) is 66.8 Å². The molecule has 0 bridgehead atoms. The fourth-order valence-electron chi connectivity index (χ4n) is 5.71. The molecule has 1 unspecified atom stereocenters. The van der Waals surface area contributed by atoms with Crippen LogP contribution < -0.4 is 0 Å². The van der Waals surface area contributed by atoms with E-state index in [0.717, 1.165) is 31.2 Å². The van der Waals surface area contributed by atoms with Crippen LogP contribution in [0, 0.1) is 22.7 Å². The molecule has 3 rings (SSSR count). The van der Waals surface area contributed by atoms with Crippen molar-refractivity contribution in [2.45, 2.75) is 65.3 Å². The van der Waals surface area contributed by atoms with Gasteiger partial charge in [-0.05, 0) is 49.0 Å². The second-order valence-corrected chi connectivity index (χ2v) is 8.20. The van der Waals surface area contributed by atoms with Crippen molar-refractivity contribution in [3.05, 3.63) is 48.0 Å². The second kappa shape index (κ2) is 8.15. The molecule has 1 spiro atoms. The molecule has 2 fully saturated rings. The summed E-state index contributed by atoms with van der Waals surface area (Å²) < 4.78 is 5.78. The van der Waals surface area contributed by atoms with Crippen LogP contribution in [0.4, 0.5) is 0 Å². The molecular weight excluding hydrogens is 340 g/mol. The van der Waals surface area contributed by atoms with Gasteiger partial charge in [-0.1, -0.05) is 62.2 Å². The zero-order valence-corrected chi connectivity index (χ0v) is 16.4. The molecule has 4 heteroatoms. The molecular formula is C23H32O4. The fourth-order valence-corrected chi connectivity index (χ4v) is 5.71. The average molecular weight is 373 g/mol. The van der Waals surface area contributed by atoms with Gasteiger partial charge in [-0.2, -0.15) is 0 Å². The van der Waals surface area contributed by atoms with Crippen LogP contribution >= 0.6 is 0 Å². The van der Waals surface area contributed by atoms with Crippen LogP contribution in [0.25, 0.3) is 0 Å². The SMILES string of the molecule is C/C=C\C1CCC[C@](CC(O)O)(C(=O)OCc2ccccc2)[C@@]12C[C@@H]2CC. The first-order valence-electron chi connectivity index (χ1n) is 10.2. The zero-order chi connectivity index (χ0) is 19.5. The summed E-state index contributed by atoms with van der Waals surface area (Å²) in [5, 5.41) is 19.7. The molecule has 1 aromatic rings. The highest BCUT2D eigenvalue weighted by atomic mass is 16.5. The molecule has 27 heavy (non-hydrogen) atoms. The number of hydrogen-bond donors (Lipinski definition) is 2. The summed E-state index contributed by atoms with van der Waals surface area (Å²) in [6.07, 6.45) is 7.43. The van der Waals surface area contributed by atoms with E-state index in [9.17, 15) is 15.0 Å². The van der Waals surface area contributed by atoms with Gasteiger partial charge in [0.15, 0.2) is 6.29 Å². The number of aliphatic hydroxyl groups is 2. The highest BCUT2D eigenvalue weighted by molar-refractivity contribution is 5.79. The van der Waals surface area contributed by atoms with Crippen molar-refractivity contribution < 1.29 is 19.7 Å². The van der Waals surface area contributed by atoms with Gasteiger partial charge in [0.25, 0.3) is 0 Å². The van der Waals surface area contributed by atoms with Gasteiger partial charge in [0, 0.05) is 6.42 Å². The molecule has 2 N–H and O–H groups in total. The van der Waals surface area contributed by atoms with E-state index in [2.05, 4.69) is 19.1 Å². The number of benzene rings is 1. The van der Waals surface area contributed by atoms with Crippen molar-refractivity contribution in [1.82, 2.24) is 0 Å². The lowest BCUT2D eigenvalue weighted by Crippen LogP contribution is -2.50. The number of rotatable bonds is 7. The van der Waals surface area contributed by atoms with Crippen LogP contribution in [0.2, 0.25) is 0 Å². The van der Waals surface area contributed by atoms with Crippen LogP contribution in [0.5, 0.6) is 0 Å². The van der Waals surface area contributed by atoms with Gasteiger partial charge in [0.05, 0.1) is 5.41 Å². The summed E-state index contributed by atoms with van der Waals surface area (Å²) in [5.74, 6) is 0.468. The maximum Gasteiger partial charge on any atom is 0.313 e. The van der Waals surface area contributed by atoms with Crippen LogP contribution in [0.1, 0.15) is 57.9 Å². The summed E-state index contributed by atoms with van der Waals surface area (Å²) >= 11 is 0. The standard InChI is InChI=1S/C23H32O4/c1-3-9-19-12-8-13-22(15-20(24)25,23(19)14-18(23)4-2)21(26)27-16-17-10-6-5-7-11-17/h3,5-7,9-11,18-20,24-25H,4,8,12-16H2,1-2H3/b9-3-/t18-,19?,22-,23+/m0/s1. The first-order chi connectivity index (χ1) is 13.0. The molecule has 1 aromatic carbocycles. The molecule has 0 amide bonds. The van der Waals surface area contributed by atoms with Crippen LogP contribution in [-0.2, 0) is 16.1 Å². The number of carbonyl (C=O) groups excluding carboxylic acids is 1. The molecule has 0 saturated heterocycles. The third kappa shape index (κ3) is 3.57. The first-order valence-corrected chi connectivity index (χ1v) is 10.2. The van der Waals surface area contributed by atoms with Crippen molar-refractivity contribution in [3.8, 4) is 0 Å². The number of allylic oxidation sites excluding steroid dienone is 2. The van der Waals surface area contributed by atoms with Gasteiger partial charge in [-0.25, -0.2) is 0 Å². The highest BCUT2D eigenvalue weighted by Gasteiger charge is 2.72. The minimum Gasteiger partial charge on any atom is -0.460 e. The van der Waals surface area contributed by atoms with E-state index in [0.29, 0.717) is 18.3 Å². The minimum absolute atomic E-state index is 0.0607. The Bertz CT molecular complexity index is 668. The van der Waals surface area contributed by atoms with Crippen molar-refractivity contribution in [2.75, 3.05) is 0 Å². The van der Waals surface area contributed by atoms with Crippen LogP contribution in [-0.4, -0.2) is 22.5 Å². The van der Waals surface area contributed by atoms with Crippen LogP contribution in [0.3, 0.4) is 0 Å². The van der Waals surface area contributed by atoms with E-state index in [4.69, 9.17) is 4.74 Å². The number of ether oxygens (including phenoxy) is 1. The predicted molar refractivity (Wildman–Crippen MR) is 104 cm³/mol. The predicted octanol–water partition coefficient (Wildman–Crippen LogP) is 4.21. The molecule has 2 aliphatic carbocycles. The molecule has 0 aliphatic heterocycles. The number of esters is 1. The number of carbonyl (C=O) groups is 1. The van der Waals surface area contributed by atoms with E-state index >= 15 is 0 Å². The normalized spacial score (nSPS) is 32.9. The third-order valence-electron chi connectivity index (χ3n) is 6.88. The van der Waals surface area contributed by atoms with Gasteiger partial charge in [0.2, 0.25) is 0 Å². The Kier molecular flexibility index (Phi) is 6.07. The van der Waals surface area contributed by atoms with E-state index < -0.39 is 11.7 Å². The Morgan fingerprint density at radius 3 is 2.67 bits per heavy atom. The Morgan fingerprint density at radius 2 is 2.07 bits per heavy atom. The van der Waals surface area contributed by atoms with Crippen molar-refractivity contribution in [1.29, 1.82) is 0 Å². The Hall–Kier alpha value is -1.65. The van der Waals surface area contributed by atoms with Gasteiger partial charge in [-0.3, -0.25) is 4.79 Å². The molecule has 4 atom stereocenters. The third-order valence-corrected chi connectivity index (χ3v) is 6.88. The summed E-state index contributed by atoms with van der Waals surface area (Å²) in [7, 11) is 0. The lowest BCUT2D eigenvalue weighted by atomic mass is 9.56. The van der Waals surface area contributed by atoms with E-state index in [-0.39, 0.29) is 24.4 Å². The Labute approximate surface area is 162 Å². The van der Waals surface area contributed by atoms with E-state index in [1.807, 2.05) is 37.3 Å². The van der Waals surface area contributed by atoms with Crippen molar-refractivity contribution in [3.63, 3.8) is 0 Å². The quantitative estimate of drug-likeness (QED) is 0.427. The summed E-state index contributed by atoms with van der Waals surface area (Å²) in [6, 6.07) is 9.66. The lowest BCUT2D eigenvalue weighted by molar-refractivity contribution is -0.180. The Morgan fingerprint density at radius 1 is 1.33 bits per heavy atom. The molecule has 0 aromatic heterocycles. The van der Waals surface area contributed by atoms with E-state index in [1.165, 1.54) is 0 Å². The number of hydrogen-bond acceptors (Lipinski definition) is 4. The molecule has 0 heterocycles. The van der Waals surface area contributed by atoms with Gasteiger partial charge in [-0.15, -0.1) is 0 Å². The fraction of sp³-hybridized carbons (Fsp3) is 0.609. The summed E-state index contributed by atoms with van der Waals surface area (Å²) in [6.45, 7) is 4.40. The van der Waals surface area contributed by atoms with Gasteiger partial charge >= 0.3 is 5.97 Å². The summed E-state index contributed by atoms with van der Waals surface area (Å²) in [4.78, 5) is 13.4. The first kappa shape index (κ1) is 20.1. The molecule has 0 radical (unpaired) electrons. The highest BCUT2D eigenvalue weighted by Crippen LogP contribution is 2.74. The average Bonchev–Trinajstić information content (AvgIpc) is 3.39. The molecule has 2 aliphatic rings. The molecule has 4 nitrogen and oxygen atoms in total. The van der Waals surface area contributed by atoms with Gasteiger partial charge in [0.1, 0.15) is 6.61 Å². The van der Waals surface area contributed by atoms with Gasteiger partial charge < -0.3 is 14.9 Å². The maximum atomic E-state index is 13.4. The molecule has 2 saturated carbocycles. The van der Waals surface area contributed by atoms with Crippen LogP contribution in [0.15, 0.2) is 42.5 Å². The monoisotopic (exact) mass is 372 g/mol.